The smallest absolute Gasteiger partial charge is 0.328 e. The van der Waals surface area contributed by atoms with Crippen molar-refractivity contribution in [2.75, 3.05) is 50.0 Å². The third-order valence-corrected chi connectivity index (χ3v) is 7.03. The number of hydrogen-bond acceptors (Lipinski definition) is 9. The van der Waals surface area contributed by atoms with Gasteiger partial charge in [0, 0.05) is 38.5 Å². The summed E-state index contributed by atoms with van der Waals surface area (Å²) in [6, 6.07) is 7.86. The van der Waals surface area contributed by atoms with Crippen molar-refractivity contribution in [3.8, 4) is 11.8 Å². The molecule has 0 amide bonds. The van der Waals surface area contributed by atoms with Crippen LogP contribution < -0.4 is 15.0 Å². The molecule has 0 spiro atoms. The highest BCUT2D eigenvalue weighted by Gasteiger charge is 2.29. The predicted molar refractivity (Wildman–Crippen MR) is 134 cm³/mol. The van der Waals surface area contributed by atoms with E-state index in [2.05, 4.69) is 48.2 Å². The van der Waals surface area contributed by atoms with Crippen LogP contribution in [0.1, 0.15) is 31.2 Å². The Morgan fingerprint density at radius 2 is 1.80 bits per heavy atom. The zero-order valence-corrected chi connectivity index (χ0v) is 20.1. The number of rotatable bonds is 8. The lowest BCUT2D eigenvalue weighted by molar-refractivity contribution is -0.119. The van der Waals surface area contributed by atoms with Crippen molar-refractivity contribution in [1.82, 2.24) is 19.9 Å². The van der Waals surface area contributed by atoms with Crippen LogP contribution >= 0.6 is 0 Å². The molecule has 3 fully saturated rings. The van der Waals surface area contributed by atoms with Crippen LogP contribution in [0.2, 0.25) is 0 Å². The van der Waals surface area contributed by atoms with Gasteiger partial charge in [-0.15, -0.1) is 0 Å². The largest absolute Gasteiger partial charge is 0.424 e. The van der Waals surface area contributed by atoms with E-state index in [9.17, 15) is 4.79 Å². The van der Waals surface area contributed by atoms with E-state index in [1.54, 1.807) is 0 Å². The Morgan fingerprint density at radius 3 is 2.51 bits per heavy atom. The lowest BCUT2D eigenvalue weighted by Gasteiger charge is -2.32. The standard InChI is InChI=1S/C26H31N7O2/c1-32-10-12-33(13-11-32)25-29-24(28-23-15-20(16-27-23)18-4-5-18)30-26(31-25)35-21-8-2-17(3-9-21)14-22(34)19-6-7-19/h2-3,8-9,15,18-19H,4-7,10-14,16H2,1H3,(H,27,28,29,30,31). The summed E-state index contributed by atoms with van der Waals surface area (Å²) in [6.45, 7) is 4.34. The molecule has 0 bridgehead atoms. The SMILES string of the molecule is CN1CCN(c2nc(NC3=NCC(C4CC4)=C3)nc(Oc3ccc(CC(=O)C4CC4)cc3)n2)CC1. The molecular formula is C26H31N7O2. The number of nitrogens with one attached hydrogen (secondary N) is 1. The Morgan fingerprint density at radius 1 is 1.03 bits per heavy atom. The van der Waals surface area contributed by atoms with E-state index in [0.29, 0.717) is 35.8 Å². The van der Waals surface area contributed by atoms with Gasteiger partial charge in [-0.05, 0) is 68.0 Å². The number of Topliss-reactive ketones (excluding diaryl/α,β-unsaturated/α-hetero) is 1. The molecule has 9 nitrogen and oxygen atoms in total. The minimum absolute atomic E-state index is 0.239. The van der Waals surface area contributed by atoms with Gasteiger partial charge in [0.1, 0.15) is 17.4 Å². The summed E-state index contributed by atoms with van der Waals surface area (Å²) in [4.78, 5) is 35.0. The molecule has 3 heterocycles. The van der Waals surface area contributed by atoms with Crippen LogP contribution in [0.15, 0.2) is 40.9 Å². The molecule has 2 aliphatic heterocycles. The van der Waals surface area contributed by atoms with Crippen molar-refractivity contribution in [1.29, 1.82) is 0 Å². The summed E-state index contributed by atoms with van der Waals surface area (Å²) in [5.74, 6) is 3.75. The maximum atomic E-state index is 12.1. The molecule has 9 heteroatoms. The fourth-order valence-corrected chi connectivity index (χ4v) is 4.46. The second kappa shape index (κ2) is 9.37. The van der Waals surface area contributed by atoms with Crippen molar-refractivity contribution in [2.24, 2.45) is 16.8 Å². The van der Waals surface area contributed by atoms with Crippen molar-refractivity contribution >= 4 is 23.5 Å². The Balaban J connectivity index is 1.20. The Hall–Kier alpha value is -3.33. The van der Waals surface area contributed by atoms with Crippen LogP contribution in [0.25, 0.3) is 0 Å². The number of ether oxygens (including phenoxy) is 1. The minimum Gasteiger partial charge on any atom is -0.424 e. The number of hydrogen-bond donors (Lipinski definition) is 1. The first-order chi connectivity index (χ1) is 17.1. The van der Waals surface area contributed by atoms with Crippen molar-refractivity contribution < 1.29 is 9.53 Å². The second-order valence-corrected chi connectivity index (χ2v) is 10.0. The van der Waals surface area contributed by atoms with E-state index in [1.165, 1.54) is 18.4 Å². The Kier molecular flexibility index (Phi) is 5.93. The molecule has 2 saturated carbocycles. The summed E-state index contributed by atoms with van der Waals surface area (Å²) in [6.07, 6.45) is 7.21. The normalized spacial score (nSPS) is 20.4. The molecule has 1 saturated heterocycles. The lowest BCUT2D eigenvalue weighted by atomic mass is 10.1. The number of aliphatic imine (C=N–C) groups is 1. The summed E-state index contributed by atoms with van der Waals surface area (Å²) in [5.41, 5.74) is 2.39. The molecule has 1 aromatic carbocycles. The molecular weight excluding hydrogens is 442 g/mol. The van der Waals surface area contributed by atoms with Gasteiger partial charge in [-0.2, -0.15) is 15.0 Å². The van der Waals surface area contributed by atoms with Gasteiger partial charge in [-0.25, -0.2) is 0 Å². The third-order valence-electron chi connectivity index (χ3n) is 7.03. The van der Waals surface area contributed by atoms with E-state index >= 15 is 0 Å². The molecule has 6 rings (SSSR count). The van der Waals surface area contributed by atoms with Crippen molar-refractivity contribution in [3.63, 3.8) is 0 Å². The van der Waals surface area contributed by atoms with Crippen LogP contribution in [0.5, 0.6) is 11.8 Å². The average molecular weight is 474 g/mol. The molecule has 35 heavy (non-hydrogen) atoms. The topological polar surface area (TPSA) is 95.8 Å². The number of carbonyl (C=O) groups excluding carboxylic acids is 1. The van der Waals surface area contributed by atoms with E-state index in [4.69, 9.17) is 4.74 Å². The predicted octanol–water partition coefficient (Wildman–Crippen LogP) is 3.10. The van der Waals surface area contributed by atoms with Crippen molar-refractivity contribution in [3.05, 3.63) is 41.5 Å². The molecule has 1 aromatic heterocycles. The maximum absolute atomic E-state index is 12.1. The second-order valence-electron chi connectivity index (χ2n) is 10.0. The van der Waals surface area contributed by atoms with Crippen LogP contribution in [0.3, 0.4) is 0 Å². The highest BCUT2D eigenvalue weighted by atomic mass is 16.5. The molecule has 1 N–H and O–H groups in total. The van der Waals surface area contributed by atoms with E-state index in [-0.39, 0.29) is 11.9 Å². The van der Waals surface area contributed by atoms with Gasteiger partial charge < -0.3 is 19.9 Å². The number of carbonyl (C=O) groups is 1. The van der Waals surface area contributed by atoms with Gasteiger partial charge >= 0.3 is 6.01 Å². The monoisotopic (exact) mass is 473 g/mol. The first-order valence-electron chi connectivity index (χ1n) is 12.6. The fraction of sp³-hybridized carbons (Fsp3) is 0.500. The zero-order valence-electron chi connectivity index (χ0n) is 20.1. The summed E-state index contributed by atoms with van der Waals surface area (Å²) in [7, 11) is 2.12. The molecule has 0 radical (unpaired) electrons. The van der Waals surface area contributed by atoms with Crippen LogP contribution in [-0.2, 0) is 11.2 Å². The molecule has 0 atom stereocenters. The molecule has 0 unspecified atom stereocenters. The number of amidine groups is 1. The Bertz CT molecular complexity index is 1160. The van der Waals surface area contributed by atoms with Crippen LogP contribution in [0.4, 0.5) is 11.9 Å². The fourth-order valence-electron chi connectivity index (χ4n) is 4.46. The van der Waals surface area contributed by atoms with Gasteiger partial charge in [-0.3, -0.25) is 9.79 Å². The average Bonchev–Trinajstić information content (AvgIpc) is 3.79. The first-order valence-corrected chi connectivity index (χ1v) is 12.6. The van der Waals surface area contributed by atoms with E-state index in [0.717, 1.165) is 57.0 Å². The molecule has 182 valence electrons. The maximum Gasteiger partial charge on any atom is 0.328 e. The van der Waals surface area contributed by atoms with Gasteiger partial charge in [0.2, 0.25) is 11.9 Å². The number of nitrogens with zero attached hydrogens (tertiary/aromatic N) is 6. The number of anilines is 2. The van der Waals surface area contributed by atoms with Gasteiger partial charge in [0.25, 0.3) is 0 Å². The number of aromatic nitrogens is 3. The zero-order chi connectivity index (χ0) is 23.8. The molecule has 2 aliphatic carbocycles. The number of likely N-dealkylation sites (N-methyl/N-ethyl adjacent to an activating group) is 1. The summed E-state index contributed by atoms with van der Waals surface area (Å²) >= 11 is 0. The van der Waals surface area contributed by atoms with Crippen LogP contribution in [0, 0.1) is 11.8 Å². The summed E-state index contributed by atoms with van der Waals surface area (Å²) < 4.78 is 6.05. The third kappa shape index (κ3) is 5.51. The quantitative estimate of drug-likeness (QED) is 0.625. The van der Waals surface area contributed by atoms with Gasteiger partial charge in [-0.1, -0.05) is 12.1 Å². The van der Waals surface area contributed by atoms with Gasteiger partial charge in [0.05, 0.1) is 6.54 Å². The van der Waals surface area contributed by atoms with Gasteiger partial charge in [0.15, 0.2) is 0 Å². The molecule has 2 aromatic rings. The van der Waals surface area contributed by atoms with Crippen molar-refractivity contribution in [2.45, 2.75) is 32.1 Å². The number of ketones is 1. The Labute approximate surface area is 205 Å². The summed E-state index contributed by atoms with van der Waals surface area (Å²) in [5, 5.41) is 3.27. The highest BCUT2D eigenvalue weighted by molar-refractivity contribution is 6.04. The number of benzene rings is 1. The highest BCUT2D eigenvalue weighted by Crippen LogP contribution is 2.38. The molecule has 4 aliphatic rings. The number of piperazine rings is 1. The van der Waals surface area contributed by atoms with E-state index < -0.39 is 0 Å². The first kappa shape index (κ1) is 22.2. The van der Waals surface area contributed by atoms with Crippen LogP contribution in [-0.4, -0.2) is 71.2 Å². The lowest BCUT2D eigenvalue weighted by Crippen LogP contribution is -2.45. The van der Waals surface area contributed by atoms with E-state index in [1.807, 2.05) is 24.3 Å². The minimum atomic E-state index is 0.239.